The number of ether oxygens (including phenoxy) is 1. The van der Waals surface area contributed by atoms with Gasteiger partial charge in [0.2, 0.25) is 5.91 Å². The number of β-lactam (4-membered cyclic amide) rings is 1. The van der Waals surface area contributed by atoms with E-state index >= 15 is 0 Å². The molecule has 17 heavy (non-hydrogen) atoms. The summed E-state index contributed by atoms with van der Waals surface area (Å²) < 4.78 is 4.87. The fraction of sp³-hybridized carbons (Fsp3) is 0.455. The SMILES string of the molecule is COC/C=C\C1=C(C(=O)O)N2C(=O)C[C@H]2SC1. The van der Waals surface area contributed by atoms with E-state index in [1.54, 1.807) is 31.0 Å². The number of carboxylic acid groups (broad SMARTS) is 1. The summed E-state index contributed by atoms with van der Waals surface area (Å²) in [6, 6.07) is 0. The average Bonchev–Trinajstić information content (AvgIpc) is 2.28. The van der Waals surface area contributed by atoms with Gasteiger partial charge in [0.25, 0.3) is 0 Å². The molecule has 0 aromatic heterocycles. The van der Waals surface area contributed by atoms with E-state index in [2.05, 4.69) is 0 Å². The Hall–Kier alpha value is -1.27. The van der Waals surface area contributed by atoms with Gasteiger partial charge in [-0.2, -0.15) is 0 Å². The number of aliphatic carboxylic acids is 1. The van der Waals surface area contributed by atoms with Gasteiger partial charge >= 0.3 is 5.97 Å². The summed E-state index contributed by atoms with van der Waals surface area (Å²) in [6.07, 6.45) is 3.92. The van der Waals surface area contributed by atoms with Crippen molar-refractivity contribution in [1.82, 2.24) is 4.90 Å². The van der Waals surface area contributed by atoms with Crippen LogP contribution in [0.15, 0.2) is 23.4 Å². The Morgan fingerprint density at radius 3 is 3.06 bits per heavy atom. The first-order valence-electron chi connectivity index (χ1n) is 5.20. The molecule has 1 N–H and O–H groups in total. The van der Waals surface area contributed by atoms with Crippen molar-refractivity contribution < 1.29 is 19.4 Å². The number of carbonyl (C=O) groups is 2. The molecular formula is C11H13NO4S. The maximum atomic E-state index is 11.4. The van der Waals surface area contributed by atoms with E-state index in [0.29, 0.717) is 24.4 Å². The molecule has 1 fully saturated rings. The fourth-order valence-electron chi connectivity index (χ4n) is 1.85. The number of amides is 1. The zero-order chi connectivity index (χ0) is 12.4. The van der Waals surface area contributed by atoms with Gasteiger partial charge in [-0.1, -0.05) is 12.2 Å². The van der Waals surface area contributed by atoms with Gasteiger partial charge < -0.3 is 9.84 Å². The Bertz CT molecular complexity index is 416. The Labute approximate surface area is 103 Å². The molecular weight excluding hydrogens is 242 g/mol. The van der Waals surface area contributed by atoms with Crippen LogP contribution in [0.5, 0.6) is 0 Å². The Kier molecular flexibility index (Phi) is 3.54. The number of carbonyl (C=O) groups excluding carboxylic acids is 1. The normalized spacial score (nSPS) is 23.9. The maximum absolute atomic E-state index is 11.4. The predicted molar refractivity (Wildman–Crippen MR) is 63.4 cm³/mol. The van der Waals surface area contributed by atoms with Gasteiger partial charge in [0, 0.05) is 12.9 Å². The van der Waals surface area contributed by atoms with Crippen LogP contribution >= 0.6 is 11.8 Å². The van der Waals surface area contributed by atoms with Crippen LogP contribution in [0.2, 0.25) is 0 Å². The predicted octanol–water partition coefficient (Wildman–Crippen LogP) is 0.833. The van der Waals surface area contributed by atoms with Crippen LogP contribution < -0.4 is 0 Å². The van der Waals surface area contributed by atoms with Crippen molar-refractivity contribution in [3.05, 3.63) is 23.4 Å². The Balaban J connectivity index is 2.27. The fourth-order valence-corrected chi connectivity index (χ4v) is 3.09. The van der Waals surface area contributed by atoms with E-state index in [1.807, 2.05) is 0 Å². The maximum Gasteiger partial charge on any atom is 0.352 e. The van der Waals surface area contributed by atoms with Crippen molar-refractivity contribution >= 4 is 23.6 Å². The van der Waals surface area contributed by atoms with E-state index < -0.39 is 5.97 Å². The van der Waals surface area contributed by atoms with E-state index in [0.717, 1.165) is 0 Å². The highest BCUT2D eigenvalue weighted by atomic mass is 32.2. The third-order valence-corrected chi connectivity index (χ3v) is 3.91. The zero-order valence-corrected chi connectivity index (χ0v) is 10.2. The van der Waals surface area contributed by atoms with Crippen molar-refractivity contribution in [2.75, 3.05) is 19.5 Å². The number of carboxylic acids is 1. The zero-order valence-electron chi connectivity index (χ0n) is 9.38. The van der Waals surface area contributed by atoms with Crippen LogP contribution in [0, 0.1) is 0 Å². The summed E-state index contributed by atoms with van der Waals surface area (Å²) in [4.78, 5) is 24.0. The highest BCUT2D eigenvalue weighted by Gasteiger charge is 2.44. The lowest BCUT2D eigenvalue weighted by Crippen LogP contribution is -2.53. The lowest BCUT2D eigenvalue weighted by atomic mass is 10.1. The standard InChI is InChI=1S/C11H13NO4S/c1-16-4-2-3-7-6-17-9-5-8(13)12(9)10(7)11(14)15/h2-3,9H,4-6H2,1H3,(H,14,15)/b3-2-/t9-/m1/s1. The molecule has 2 rings (SSSR count). The van der Waals surface area contributed by atoms with Gasteiger partial charge in [-0.3, -0.25) is 9.69 Å². The minimum absolute atomic E-state index is 0.00757. The first kappa shape index (κ1) is 12.2. The van der Waals surface area contributed by atoms with Gasteiger partial charge in [0.1, 0.15) is 5.70 Å². The first-order valence-corrected chi connectivity index (χ1v) is 6.25. The molecule has 0 unspecified atom stereocenters. The number of fused-ring (bicyclic) bond motifs is 1. The summed E-state index contributed by atoms with van der Waals surface area (Å²) in [5.41, 5.74) is 0.793. The molecule has 1 saturated heterocycles. The topological polar surface area (TPSA) is 66.8 Å². The molecule has 0 aromatic rings. The van der Waals surface area contributed by atoms with Crippen LogP contribution in [-0.4, -0.2) is 46.7 Å². The van der Waals surface area contributed by atoms with Gasteiger partial charge in [-0.15, -0.1) is 11.8 Å². The van der Waals surface area contributed by atoms with Crippen molar-refractivity contribution in [1.29, 1.82) is 0 Å². The van der Waals surface area contributed by atoms with E-state index in [-0.39, 0.29) is 17.0 Å². The van der Waals surface area contributed by atoms with Gasteiger partial charge in [0.05, 0.1) is 18.4 Å². The van der Waals surface area contributed by atoms with Crippen LogP contribution in [0.25, 0.3) is 0 Å². The summed E-state index contributed by atoms with van der Waals surface area (Å²) in [6.45, 7) is 0.429. The summed E-state index contributed by atoms with van der Waals surface area (Å²) in [5.74, 6) is -0.534. The molecule has 0 aromatic carbocycles. The minimum atomic E-state index is -1.04. The van der Waals surface area contributed by atoms with Crippen molar-refractivity contribution in [2.45, 2.75) is 11.8 Å². The molecule has 5 nitrogen and oxygen atoms in total. The lowest BCUT2D eigenvalue weighted by molar-refractivity contribution is -0.146. The Morgan fingerprint density at radius 1 is 1.71 bits per heavy atom. The molecule has 0 radical (unpaired) electrons. The number of methoxy groups -OCH3 is 1. The van der Waals surface area contributed by atoms with Crippen molar-refractivity contribution in [2.24, 2.45) is 0 Å². The van der Waals surface area contributed by atoms with E-state index in [9.17, 15) is 14.7 Å². The molecule has 2 aliphatic heterocycles. The smallest absolute Gasteiger partial charge is 0.352 e. The number of rotatable bonds is 4. The van der Waals surface area contributed by atoms with E-state index in [1.165, 1.54) is 4.90 Å². The quantitative estimate of drug-likeness (QED) is 0.754. The van der Waals surface area contributed by atoms with Crippen LogP contribution in [0.4, 0.5) is 0 Å². The third-order valence-electron chi connectivity index (χ3n) is 2.67. The number of hydrogen-bond donors (Lipinski definition) is 1. The minimum Gasteiger partial charge on any atom is -0.477 e. The molecule has 1 atom stereocenters. The van der Waals surface area contributed by atoms with Crippen LogP contribution in [0.1, 0.15) is 6.42 Å². The monoisotopic (exact) mass is 255 g/mol. The largest absolute Gasteiger partial charge is 0.477 e. The Morgan fingerprint density at radius 2 is 2.47 bits per heavy atom. The van der Waals surface area contributed by atoms with Crippen molar-refractivity contribution in [3.63, 3.8) is 0 Å². The highest BCUT2D eigenvalue weighted by Crippen LogP contribution is 2.40. The number of allylic oxidation sites excluding steroid dienone is 1. The molecule has 0 spiro atoms. The molecule has 0 bridgehead atoms. The second-order valence-electron chi connectivity index (χ2n) is 3.77. The van der Waals surface area contributed by atoms with Crippen LogP contribution in [-0.2, 0) is 14.3 Å². The summed E-state index contributed by atoms with van der Waals surface area (Å²) >= 11 is 1.60. The third kappa shape index (κ3) is 2.23. The molecule has 6 heteroatoms. The highest BCUT2D eigenvalue weighted by molar-refractivity contribution is 8.00. The second-order valence-corrected chi connectivity index (χ2v) is 4.94. The van der Waals surface area contributed by atoms with Gasteiger partial charge in [-0.25, -0.2) is 4.79 Å². The van der Waals surface area contributed by atoms with Crippen LogP contribution in [0.3, 0.4) is 0 Å². The first-order chi connectivity index (χ1) is 8.15. The molecule has 2 heterocycles. The molecule has 2 aliphatic rings. The van der Waals surface area contributed by atoms with Gasteiger partial charge in [-0.05, 0) is 5.57 Å². The molecule has 1 amide bonds. The van der Waals surface area contributed by atoms with E-state index in [4.69, 9.17) is 4.74 Å². The molecule has 0 aliphatic carbocycles. The average molecular weight is 255 g/mol. The van der Waals surface area contributed by atoms with Gasteiger partial charge in [0.15, 0.2) is 0 Å². The molecule has 92 valence electrons. The number of thioether (sulfide) groups is 1. The second kappa shape index (κ2) is 4.93. The summed E-state index contributed by atoms with van der Waals surface area (Å²) in [7, 11) is 1.57. The number of nitrogens with zero attached hydrogens (tertiary/aromatic N) is 1. The lowest BCUT2D eigenvalue weighted by Gasteiger charge is -2.43. The van der Waals surface area contributed by atoms with Crippen molar-refractivity contribution in [3.8, 4) is 0 Å². The number of hydrogen-bond acceptors (Lipinski definition) is 4. The summed E-state index contributed by atoms with van der Waals surface area (Å²) in [5, 5.41) is 9.19. The molecule has 0 saturated carbocycles.